The Morgan fingerprint density at radius 3 is 2.62 bits per heavy atom. The number of rotatable bonds is 8. The summed E-state index contributed by atoms with van der Waals surface area (Å²) in [6.45, 7) is 4.62. The van der Waals surface area contributed by atoms with Gasteiger partial charge in [0.1, 0.15) is 0 Å². The average Bonchev–Trinajstić information content (AvgIpc) is 3.56. The van der Waals surface area contributed by atoms with Gasteiger partial charge in [0.2, 0.25) is 11.8 Å². The molecule has 168 valence electrons. The topological polar surface area (TPSA) is 89.6 Å². The SMILES string of the molecule is CCNC(=NCCCN1C(=O)C2C3C=CC(C3)C2C1=O)NCCc1c[nH]c2ccccc12. The predicted molar refractivity (Wildman–Crippen MR) is 125 cm³/mol. The molecule has 1 saturated heterocycles. The van der Waals surface area contributed by atoms with Crippen LogP contribution in [0.4, 0.5) is 0 Å². The number of allylic oxidation sites excluding steroid dienone is 2. The molecule has 2 fully saturated rings. The quantitative estimate of drug-likeness (QED) is 0.196. The number of likely N-dealkylation sites (tertiary alicyclic amines) is 1. The third kappa shape index (κ3) is 3.70. The number of carbonyl (C=O) groups excluding carboxylic acids is 2. The standard InChI is InChI=1S/C25H31N5O2/c1-2-26-25(28-12-10-18-15-29-20-7-4-3-6-19(18)20)27-11-5-13-30-23(31)21-16-8-9-17(14-16)22(21)24(30)32/h3-4,6-9,15-17,21-22,29H,2,5,10-14H2,1H3,(H2,26,27,28). The minimum Gasteiger partial charge on any atom is -0.361 e. The van der Waals surface area contributed by atoms with Crippen LogP contribution in [0.5, 0.6) is 0 Å². The van der Waals surface area contributed by atoms with Gasteiger partial charge in [0.05, 0.1) is 11.8 Å². The van der Waals surface area contributed by atoms with E-state index >= 15 is 0 Å². The maximum atomic E-state index is 12.8. The molecule has 2 heterocycles. The van der Waals surface area contributed by atoms with E-state index in [0.717, 1.165) is 37.4 Å². The number of hydrogen-bond acceptors (Lipinski definition) is 3. The van der Waals surface area contributed by atoms with Crippen molar-refractivity contribution in [3.63, 3.8) is 0 Å². The fourth-order valence-electron chi connectivity index (χ4n) is 5.60. The molecule has 3 aliphatic rings. The van der Waals surface area contributed by atoms with Crippen LogP contribution < -0.4 is 10.6 Å². The lowest BCUT2D eigenvalue weighted by molar-refractivity contribution is -0.140. The minimum absolute atomic E-state index is 0.0320. The smallest absolute Gasteiger partial charge is 0.233 e. The zero-order chi connectivity index (χ0) is 22.1. The van der Waals surface area contributed by atoms with E-state index in [1.165, 1.54) is 15.8 Å². The molecule has 2 aromatic rings. The summed E-state index contributed by atoms with van der Waals surface area (Å²) in [6.07, 6.45) is 8.88. The first kappa shape index (κ1) is 20.8. The van der Waals surface area contributed by atoms with E-state index in [0.29, 0.717) is 19.5 Å². The average molecular weight is 434 g/mol. The molecule has 2 amide bonds. The first-order valence-corrected chi connectivity index (χ1v) is 11.8. The van der Waals surface area contributed by atoms with Crippen molar-refractivity contribution in [2.45, 2.75) is 26.2 Å². The van der Waals surface area contributed by atoms with Gasteiger partial charge in [0.15, 0.2) is 5.96 Å². The van der Waals surface area contributed by atoms with Crippen molar-refractivity contribution in [2.24, 2.45) is 28.7 Å². The highest BCUT2D eigenvalue weighted by molar-refractivity contribution is 6.06. The summed E-state index contributed by atoms with van der Waals surface area (Å²) in [5.74, 6) is 1.16. The van der Waals surface area contributed by atoms with Crippen LogP contribution in [-0.4, -0.2) is 53.8 Å². The fourth-order valence-corrected chi connectivity index (χ4v) is 5.60. The number of aliphatic imine (C=N–C) groups is 1. The van der Waals surface area contributed by atoms with E-state index < -0.39 is 0 Å². The van der Waals surface area contributed by atoms with Gasteiger partial charge in [-0.15, -0.1) is 0 Å². The summed E-state index contributed by atoms with van der Waals surface area (Å²) in [7, 11) is 0. The number of benzene rings is 1. The summed E-state index contributed by atoms with van der Waals surface area (Å²) >= 11 is 0. The summed E-state index contributed by atoms with van der Waals surface area (Å²) in [5, 5.41) is 7.92. The van der Waals surface area contributed by atoms with Crippen LogP contribution in [0.3, 0.4) is 0 Å². The Labute approximate surface area is 188 Å². The zero-order valence-electron chi connectivity index (χ0n) is 18.5. The van der Waals surface area contributed by atoms with Crippen molar-refractivity contribution in [1.29, 1.82) is 0 Å². The molecule has 7 nitrogen and oxygen atoms in total. The van der Waals surface area contributed by atoms with Crippen molar-refractivity contribution >= 4 is 28.7 Å². The van der Waals surface area contributed by atoms with Crippen LogP contribution in [0.15, 0.2) is 47.6 Å². The maximum absolute atomic E-state index is 12.8. The normalized spacial score (nSPS) is 26.4. The number of nitrogens with zero attached hydrogens (tertiary/aromatic N) is 2. The zero-order valence-corrected chi connectivity index (χ0v) is 18.5. The minimum atomic E-state index is -0.107. The van der Waals surface area contributed by atoms with Crippen LogP contribution in [0.25, 0.3) is 10.9 Å². The molecule has 1 aromatic carbocycles. The van der Waals surface area contributed by atoms with Gasteiger partial charge in [-0.2, -0.15) is 0 Å². The Balaban J connectivity index is 1.11. The highest BCUT2D eigenvalue weighted by Gasteiger charge is 2.58. The lowest BCUT2D eigenvalue weighted by atomic mass is 9.85. The van der Waals surface area contributed by atoms with Crippen LogP contribution in [-0.2, 0) is 16.0 Å². The van der Waals surface area contributed by atoms with Crippen molar-refractivity contribution in [1.82, 2.24) is 20.5 Å². The molecular formula is C25H31N5O2. The molecular weight excluding hydrogens is 402 g/mol. The van der Waals surface area contributed by atoms with Crippen molar-refractivity contribution in [3.05, 3.63) is 48.2 Å². The number of imide groups is 1. The van der Waals surface area contributed by atoms with Gasteiger partial charge >= 0.3 is 0 Å². The number of hydrogen-bond donors (Lipinski definition) is 3. The molecule has 7 heteroatoms. The van der Waals surface area contributed by atoms with Crippen molar-refractivity contribution in [2.75, 3.05) is 26.2 Å². The van der Waals surface area contributed by atoms with Crippen LogP contribution >= 0.6 is 0 Å². The molecule has 2 aliphatic carbocycles. The van der Waals surface area contributed by atoms with E-state index in [1.807, 2.05) is 13.0 Å². The molecule has 1 saturated carbocycles. The second-order valence-corrected chi connectivity index (χ2v) is 8.98. The van der Waals surface area contributed by atoms with E-state index in [1.54, 1.807) is 0 Å². The number of carbonyl (C=O) groups is 2. The number of nitrogens with one attached hydrogen (secondary N) is 3. The second kappa shape index (κ2) is 8.81. The van der Waals surface area contributed by atoms with Gasteiger partial charge in [0, 0.05) is 43.3 Å². The molecule has 4 unspecified atom stereocenters. The van der Waals surface area contributed by atoms with Crippen LogP contribution in [0, 0.1) is 23.7 Å². The Kier molecular flexibility index (Phi) is 5.72. The van der Waals surface area contributed by atoms with Gasteiger partial charge < -0.3 is 15.6 Å². The Morgan fingerprint density at radius 2 is 1.88 bits per heavy atom. The number of para-hydroxylation sites is 1. The summed E-state index contributed by atoms with van der Waals surface area (Å²) in [5.41, 5.74) is 2.44. The molecule has 5 rings (SSSR count). The lowest BCUT2D eigenvalue weighted by Crippen LogP contribution is -2.38. The largest absolute Gasteiger partial charge is 0.361 e. The van der Waals surface area contributed by atoms with E-state index in [-0.39, 0.29) is 35.5 Å². The van der Waals surface area contributed by atoms with Crippen LogP contribution in [0.1, 0.15) is 25.3 Å². The first-order valence-electron chi connectivity index (χ1n) is 11.8. The lowest BCUT2D eigenvalue weighted by Gasteiger charge is -2.17. The third-order valence-corrected chi connectivity index (χ3v) is 7.08. The number of H-pyrrole nitrogens is 1. The summed E-state index contributed by atoms with van der Waals surface area (Å²) in [4.78, 5) is 35.0. The molecule has 3 N–H and O–H groups in total. The van der Waals surface area contributed by atoms with Gasteiger partial charge in [-0.25, -0.2) is 0 Å². The van der Waals surface area contributed by atoms with Gasteiger partial charge in [0.25, 0.3) is 0 Å². The molecule has 2 bridgehead atoms. The van der Waals surface area contributed by atoms with E-state index in [9.17, 15) is 9.59 Å². The Hall–Kier alpha value is -3.09. The number of aromatic amines is 1. The predicted octanol–water partition coefficient (Wildman–Crippen LogP) is 2.46. The Bertz CT molecular complexity index is 1040. The molecule has 1 aliphatic heterocycles. The van der Waals surface area contributed by atoms with E-state index in [2.05, 4.69) is 57.2 Å². The Morgan fingerprint density at radius 1 is 1.12 bits per heavy atom. The number of guanidine groups is 1. The molecule has 0 spiro atoms. The monoisotopic (exact) mass is 433 g/mol. The summed E-state index contributed by atoms with van der Waals surface area (Å²) < 4.78 is 0. The molecule has 1 aromatic heterocycles. The molecule has 4 atom stereocenters. The third-order valence-electron chi connectivity index (χ3n) is 7.08. The second-order valence-electron chi connectivity index (χ2n) is 8.98. The maximum Gasteiger partial charge on any atom is 0.233 e. The van der Waals surface area contributed by atoms with E-state index in [4.69, 9.17) is 0 Å². The first-order chi connectivity index (χ1) is 15.7. The summed E-state index contributed by atoms with van der Waals surface area (Å²) in [6, 6.07) is 8.32. The van der Waals surface area contributed by atoms with Crippen LogP contribution in [0.2, 0.25) is 0 Å². The molecule has 0 radical (unpaired) electrons. The fraction of sp³-hybridized carbons (Fsp3) is 0.480. The highest BCUT2D eigenvalue weighted by Crippen LogP contribution is 2.52. The number of amides is 2. The van der Waals surface area contributed by atoms with Crippen molar-refractivity contribution in [3.8, 4) is 0 Å². The number of aromatic nitrogens is 1. The van der Waals surface area contributed by atoms with Gasteiger partial charge in [-0.1, -0.05) is 30.4 Å². The number of fused-ring (bicyclic) bond motifs is 6. The van der Waals surface area contributed by atoms with Crippen molar-refractivity contribution < 1.29 is 9.59 Å². The van der Waals surface area contributed by atoms with Gasteiger partial charge in [-0.3, -0.25) is 19.5 Å². The molecule has 32 heavy (non-hydrogen) atoms. The highest BCUT2D eigenvalue weighted by atomic mass is 16.2. The van der Waals surface area contributed by atoms with Gasteiger partial charge in [-0.05, 0) is 49.7 Å².